The molecular formula is C18H17Cl2N3O5. The minimum Gasteiger partial charge on any atom is -0.500 e. The fraction of sp³-hybridized carbons (Fsp3) is 0.222. The maximum atomic E-state index is 11.2. The van der Waals surface area contributed by atoms with Gasteiger partial charge in [0.25, 0.3) is 5.89 Å². The van der Waals surface area contributed by atoms with Crippen molar-refractivity contribution in [2.24, 2.45) is 0 Å². The summed E-state index contributed by atoms with van der Waals surface area (Å²) < 4.78 is 10.2. The van der Waals surface area contributed by atoms with Gasteiger partial charge >= 0.3 is 5.69 Å². The van der Waals surface area contributed by atoms with Crippen LogP contribution >= 0.6 is 23.2 Å². The number of phenols is 1. The Morgan fingerprint density at radius 3 is 2.46 bits per heavy atom. The van der Waals surface area contributed by atoms with Gasteiger partial charge < -0.3 is 14.4 Å². The lowest BCUT2D eigenvalue weighted by molar-refractivity contribution is -0.385. The number of nitrogens with zero attached hydrogens (tertiary/aromatic N) is 3. The van der Waals surface area contributed by atoms with Crippen molar-refractivity contribution in [2.45, 2.75) is 20.8 Å². The fourth-order valence-corrected chi connectivity index (χ4v) is 2.75. The van der Waals surface area contributed by atoms with Crippen LogP contribution in [0.25, 0.3) is 17.0 Å². The average Bonchev–Trinajstić information content (AvgIpc) is 3.10. The minimum atomic E-state index is -0.747. The molecule has 0 spiro atoms. The molecule has 2 rings (SSSR count). The molecule has 28 heavy (non-hydrogen) atoms. The summed E-state index contributed by atoms with van der Waals surface area (Å²) in [5.74, 6) is -0.628. The highest BCUT2D eigenvalue weighted by atomic mass is 35.5. The molecule has 0 saturated carbocycles. The monoisotopic (exact) mass is 425 g/mol. The van der Waals surface area contributed by atoms with E-state index in [-0.39, 0.29) is 28.1 Å². The van der Waals surface area contributed by atoms with Crippen molar-refractivity contribution in [3.63, 3.8) is 0 Å². The van der Waals surface area contributed by atoms with Crippen LogP contribution in [-0.4, -0.2) is 27.3 Å². The summed E-state index contributed by atoms with van der Waals surface area (Å²) in [4.78, 5) is 14.7. The van der Waals surface area contributed by atoms with Gasteiger partial charge in [-0.05, 0) is 32.4 Å². The number of benzene rings is 1. The molecular weight excluding hydrogens is 409 g/mol. The van der Waals surface area contributed by atoms with Gasteiger partial charge in [-0.2, -0.15) is 4.98 Å². The highest BCUT2D eigenvalue weighted by Gasteiger charge is 2.24. The minimum absolute atomic E-state index is 0.0343. The predicted molar refractivity (Wildman–Crippen MR) is 106 cm³/mol. The molecule has 1 heterocycles. The summed E-state index contributed by atoms with van der Waals surface area (Å²) in [7, 11) is 1.27. The predicted octanol–water partition coefficient (Wildman–Crippen LogP) is 5.42. The normalized spacial score (nSPS) is 11.6. The standard InChI is InChI=1S/C18H17Cl2N3O5/c1-8(2)15(20)9(3)14(10(4)19)17-21-18(28-22-17)11-6-12(23(25)26)16(24)13(7-11)27-5/h6-7,24H,4H2,1-3,5H3/b14-9+. The zero-order valence-electron chi connectivity index (χ0n) is 15.5. The Morgan fingerprint density at radius 1 is 1.32 bits per heavy atom. The molecule has 0 aliphatic carbocycles. The highest BCUT2D eigenvalue weighted by molar-refractivity contribution is 6.38. The van der Waals surface area contributed by atoms with Crippen molar-refractivity contribution in [3.8, 4) is 23.0 Å². The van der Waals surface area contributed by atoms with Crippen molar-refractivity contribution in [1.29, 1.82) is 0 Å². The first-order valence-corrected chi connectivity index (χ1v) is 8.62. The molecule has 1 aromatic carbocycles. The van der Waals surface area contributed by atoms with Crippen molar-refractivity contribution in [1.82, 2.24) is 10.1 Å². The summed E-state index contributed by atoms with van der Waals surface area (Å²) in [5.41, 5.74) is 1.46. The molecule has 1 N–H and O–H groups in total. The van der Waals surface area contributed by atoms with Crippen molar-refractivity contribution >= 4 is 34.5 Å². The lowest BCUT2D eigenvalue weighted by Gasteiger charge is -2.08. The van der Waals surface area contributed by atoms with Crippen LogP contribution in [-0.2, 0) is 0 Å². The number of aromatic nitrogens is 2. The molecule has 0 unspecified atom stereocenters. The summed E-state index contributed by atoms with van der Waals surface area (Å²) >= 11 is 12.4. The third-order valence-electron chi connectivity index (χ3n) is 3.78. The van der Waals surface area contributed by atoms with Gasteiger partial charge in [0.05, 0.1) is 17.6 Å². The number of rotatable bonds is 6. The van der Waals surface area contributed by atoms with E-state index < -0.39 is 16.4 Å². The number of hydrogen-bond donors (Lipinski definition) is 1. The van der Waals surface area contributed by atoms with Crippen LogP contribution in [0.4, 0.5) is 5.69 Å². The molecule has 148 valence electrons. The number of methoxy groups -OCH3 is 1. The molecule has 0 saturated heterocycles. The lowest BCUT2D eigenvalue weighted by Crippen LogP contribution is -1.95. The Morgan fingerprint density at radius 2 is 1.96 bits per heavy atom. The van der Waals surface area contributed by atoms with Gasteiger partial charge in [0.2, 0.25) is 11.6 Å². The zero-order valence-corrected chi connectivity index (χ0v) is 17.1. The van der Waals surface area contributed by atoms with E-state index in [1.165, 1.54) is 13.2 Å². The second kappa shape index (κ2) is 8.45. The van der Waals surface area contributed by atoms with E-state index in [2.05, 4.69) is 16.7 Å². The molecule has 0 atom stereocenters. The van der Waals surface area contributed by atoms with Crippen molar-refractivity contribution in [2.75, 3.05) is 7.11 Å². The van der Waals surface area contributed by atoms with E-state index in [1.807, 2.05) is 13.8 Å². The first-order valence-electron chi connectivity index (χ1n) is 7.87. The Hall–Kier alpha value is -2.84. The van der Waals surface area contributed by atoms with Crippen molar-refractivity contribution in [3.05, 3.63) is 55.9 Å². The van der Waals surface area contributed by atoms with Crippen LogP contribution in [0.3, 0.4) is 0 Å². The van der Waals surface area contributed by atoms with E-state index in [4.69, 9.17) is 32.5 Å². The van der Waals surface area contributed by atoms with Gasteiger partial charge in [0.1, 0.15) is 0 Å². The third kappa shape index (κ3) is 4.18. The smallest absolute Gasteiger partial charge is 0.315 e. The van der Waals surface area contributed by atoms with Gasteiger partial charge in [-0.15, -0.1) is 0 Å². The van der Waals surface area contributed by atoms with E-state index in [9.17, 15) is 15.2 Å². The van der Waals surface area contributed by atoms with Gasteiger partial charge in [-0.3, -0.25) is 10.1 Å². The molecule has 0 aliphatic heterocycles. The lowest BCUT2D eigenvalue weighted by atomic mass is 10.1. The van der Waals surface area contributed by atoms with E-state index >= 15 is 0 Å². The molecule has 8 nitrogen and oxygen atoms in total. The van der Waals surface area contributed by atoms with Gasteiger partial charge in [-0.1, -0.05) is 40.5 Å². The molecule has 1 aromatic heterocycles. The first-order chi connectivity index (χ1) is 13.1. The molecule has 2 aromatic rings. The van der Waals surface area contributed by atoms with Crippen LogP contribution in [0.1, 0.15) is 26.6 Å². The number of nitro groups is 1. The summed E-state index contributed by atoms with van der Waals surface area (Å²) in [6.45, 7) is 9.13. The molecule has 0 radical (unpaired) electrons. The average molecular weight is 426 g/mol. The van der Waals surface area contributed by atoms with Gasteiger partial charge in [0, 0.05) is 21.7 Å². The summed E-state index contributed by atoms with van der Waals surface area (Å²) in [5, 5.41) is 25.6. The topological polar surface area (TPSA) is 112 Å². The summed E-state index contributed by atoms with van der Waals surface area (Å²) in [6.07, 6.45) is 0. The molecule has 10 heteroatoms. The first kappa shape index (κ1) is 21.5. The quantitative estimate of drug-likeness (QED) is 0.373. The maximum absolute atomic E-state index is 11.2. The van der Waals surface area contributed by atoms with Crippen LogP contribution in [0.5, 0.6) is 11.5 Å². The van der Waals surface area contributed by atoms with Crippen molar-refractivity contribution < 1.29 is 19.3 Å². The molecule has 0 amide bonds. The highest BCUT2D eigenvalue weighted by Crippen LogP contribution is 2.40. The Kier molecular flexibility index (Phi) is 6.48. The SMILES string of the molecule is C=C(Cl)/C(=C(/C)C(Cl)=C(C)C)c1noc(-c2cc(OC)c(O)c([N+](=O)[O-])c2)n1. The Labute approximate surface area is 170 Å². The van der Waals surface area contributed by atoms with E-state index in [0.717, 1.165) is 11.6 Å². The number of allylic oxidation sites excluding steroid dienone is 5. The van der Waals surface area contributed by atoms with E-state index in [1.54, 1.807) is 6.92 Å². The van der Waals surface area contributed by atoms with Crippen LogP contribution in [0, 0.1) is 10.1 Å². The molecule has 0 bridgehead atoms. The number of hydrogen-bond acceptors (Lipinski definition) is 7. The maximum Gasteiger partial charge on any atom is 0.315 e. The van der Waals surface area contributed by atoms with Crippen LogP contribution in [0.2, 0.25) is 0 Å². The Bertz CT molecular complexity index is 1020. The van der Waals surface area contributed by atoms with Gasteiger partial charge in [0.15, 0.2) is 5.75 Å². The van der Waals surface area contributed by atoms with Crippen LogP contribution in [0.15, 0.2) is 44.4 Å². The van der Waals surface area contributed by atoms with Gasteiger partial charge in [-0.25, -0.2) is 0 Å². The number of ether oxygens (including phenoxy) is 1. The number of aromatic hydroxyl groups is 1. The zero-order chi connectivity index (χ0) is 21.2. The second-order valence-electron chi connectivity index (χ2n) is 5.95. The number of halogens is 2. The number of phenolic OH excluding ortho intramolecular Hbond substituents is 1. The summed E-state index contributed by atoms with van der Waals surface area (Å²) in [6, 6.07) is 2.44. The van der Waals surface area contributed by atoms with Crippen LogP contribution < -0.4 is 4.74 Å². The van der Waals surface area contributed by atoms with E-state index in [0.29, 0.717) is 16.2 Å². The Balaban J connectivity index is 2.65. The largest absolute Gasteiger partial charge is 0.500 e. The fourth-order valence-electron chi connectivity index (χ4n) is 2.43. The third-order valence-corrected chi connectivity index (χ3v) is 4.63. The second-order valence-corrected chi connectivity index (χ2v) is 6.78. The number of nitro benzene ring substituents is 1. The molecule has 0 aliphatic rings. The molecule has 0 fully saturated rings.